The summed E-state index contributed by atoms with van der Waals surface area (Å²) in [5.41, 5.74) is 5.34. The van der Waals surface area contributed by atoms with Crippen molar-refractivity contribution in [3.8, 4) is 11.8 Å². The van der Waals surface area contributed by atoms with E-state index in [0.717, 1.165) is 68.9 Å². The van der Waals surface area contributed by atoms with Crippen LogP contribution >= 0.6 is 0 Å². The van der Waals surface area contributed by atoms with Gasteiger partial charge < -0.3 is 9.30 Å². The van der Waals surface area contributed by atoms with Crippen molar-refractivity contribution in [1.82, 2.24) is 14.5 Å². The number of benzene rings is 1. The SMILES string of the molecule is Cc1ccc(-n2ccc(C(=O)Cc3ccc(C4(C#N)CCC(N5CCOCC5)CC4)nc3)c2)c(C)c1. The van der Waals surface area contributed by atoms with Gasteiger partial charge in [-0.05, 0) is 68.9 Å². The average Bonchev–Trinajstić information content (AvgIpc) is 3.40. The van der Waals surface area contributed by atoms with Crippen molar-refractivity contribution in [2.45, 2.75) is 57.4 Å². The Hall–Kier alpha value is -3.27. The van der Waals surface area contributed by atoms with Crippen LogP contribution in [0.1, 0.15) is 58.4 Å². The van der Waals surface area contributed by atoms with Crippen molar-refractivity contribution in [2.24, 2.45) is 0 Å². The molecule has 0 N–H and O–H groups in total. The van der Waals surface area contributed by atoms with Gasteiger partial charge >= 0.3 is 0 Å². The van der Waals surface area contributed by atoms with E-state index < -0.39 is 5.41 Å². The second-order valence-electron chi connectivity index (χ2n) is 10.3. The number of aromatic nitrogens is 2. The number of carbonyl (C=O) groups is 1. The van der Waals surface area contributed by atoms with Crippen LogP contribution in [0, 0.1) is 25.2 Å². The molecule has 1 aliphatic carbocycles. The Labute approximate surface area is 213 Å². The Morgan fingerprint density at radius 2 is 1.92 bits per heavy atom. The molecule has 2 aromatic heterocycles. The molecule has 1 saturated heterocycles. The Bertz CT molecular complexity index is 1260. The molecular weight excluding hydrogens is 448 g/mol. The normalized spacial score (nSPS) is 22.8. The number of ketones is 1. The maximum absolute atomic E-state index is 13.0. The van der Waals surface area contributed by atoms with Gasteiger partial charge in [-0.15, -0.1) is 0 Å². The summed E-state index contributed by atoms with van der Waals surface area (Å²) < 4.78 is 7.50. The van der Waals surface area contributed by atoms with Gasteiger partial charge in [-0.25, -0.2) is 0 Å². The summed E-state index contributed by atoms with van der Waals surface area (Å²) in [6.45, 7) is 7.74. The molecule has 0 radical (unpaired) electrons. The highest BCUT2D eigenvalue weighted by Gasteiger charge is 2.40. The summed E-state index contributed by atoms with van der Waals surface area (Å²) >= 11 is 0. The summed E-state index contributed by atoms with van der Waals surface area (Å²) in [4.78, 5) is 20.2. The standard InChI is InChI=1S/C30H34N4O2/c1-22-3-5-27(23(2)17-22)34-12-9-25(20-34)28(35)18-24-4-6-29(32-19-24)30(21-31)10-7-26(8-11-30)33-13-15-36-16-14-33/h3-6,9,12,17,19-20,26H,7-8,10-11,13-16,18H2,1-2H3. The fourth-order valence-corrected chi connectivity index (χ4v) is 5.73. The van der Waals surface area contributed by atoms with Crippen molar-refractivity contribution in [2.75, 3.05) is 26.3 Å². The van der Waals surface area contributed by atoms with Gasteiger partial charge in [0, 0.05) is 55.4 Å². The van der Waals surface area contributed by atoms with Crippen LogP contribution in [0.2, 0.25) is 0 Å². The molecule has 0 spiro atoms. The zero-order chi connectivity index (χ0) is 25.1. The average molecular weight is 483 g/mol. The van der Waals surface area contributed by atoms with Crippen molar-refractivity contribution in [3.63, 3.8) is 0 Å². The molecular formula is C30H34N4O2. The Kier molecular flexibility index (Phi) is 7.04. The lowest BCUT2D eigenvalue weighted by molar-refractivity contribution is 0.00493. The lowest BCUT2D eigenvalue weighted by Crippen LogP contribution is -2.47. The minimum absolute atomic E-state index is 0.0640. The van der Waals surface area contributed by atoms with E-state index in [-0.39, 0.29) is 5.78 Å². The van der Waals surface area contributed by atoms with E-state index in [2.05, 4.69) is 48.0 Å². The monoisotopic (exact) mass is 482 g/mol. The largest absolute Gasteiger partial charge is 0.379 e. The van der Waals surface area contributed by atoms with Gasteiger partial charge in [0.05, 0.1) is 30.4 Å². The van der Waals surface area contributed by atoms with Crippen molar-refractivity contribution in [1.29, 1.82) is 5.26 Å². The first-order valence-corrected chi connectivity index (χ1v) is 12.9. The van der Waals surface area contributed by atoms with Crippen LogP contribution in [0.4, 0.5) is 0 Å². The van der Waals surface area contributed by atoms with Crippen LogP contribution in [0.15, 0.2) is 55.0 Å². The maximum Gasteiger partial charge on any atom is 0.168 e. The molecule has 36 heavy (non-hydrogen) atoms. The quantitative estimate of drug-likeness (QED) is 0.465. The lowest BCUT2D eigenvalue weighted by atomic mass is 9.71. The number of morpholine rings is 1. The molecule has 6 nitrogen and oxygen atoms in total. The first-order valence-electron chi connectivity index (χ1n) is 12.9. The minimum atomic E-state index is -0.533. The van der Waals surface area contributed by atoms with Crippen molar-refractivity contribution < 1.29 is 9.53 Å². The van der Waals surface area contributed by atoms with Gasteiger partial charge in [0.2, 0.25) is 0 Å². The third kappa shape index (κ3) is 5.00. The molecule has 6 heteroatoms. The zero-order valence-corrected chi connectivity index (χ0v) is 21.2. The number of ether oxygens (including phenoxy) is 1. The smallest absolute Gasteiger partial charge is 0.168 e. The topological polar surface area (TPSA) is 71.2 Å². The van der Waals surface area contributed by atoms with Crippen LogP contribution in [-0.2, 0) is 16.6 Å². The number of nitriles is 1. The van der Waals surface area contributed by atoms with Gasteiger partial charge in [0.25, 0.3) is 0 Å². The summed E-state index contributed by atoms with van der Waals surface area (Å²) in [6, 6.07) is 15.2. The second kappa shape index (κ2) is 10.4. The van der Waals surface area contributed by atoms with E-state index in [9.17, 15) is 10.1 Å². The predicted molar refractivity (Wildman–Crippen MR) is 139 cm³/mol. The molecule has 5 rings (SSSR count). The van der Waals surface area contributed by atoms with Crippen molar-refractivity contribution >= 4 is 5.78 Å². The molecule has 0 atom stereocenters. The summed E-state index contributed by atoms with van der Waals surface area (Å²) in [5.74, 6) is 0.0640. The Morgan fingerprint density at radius 1 is 1.14 bits per heavy atom. The zero-order valence-electron chi connectivity index (χ0n) is 21.2. The summed E-state index contributed by atoms with van der Waals surface area (Å²) in [5, 5.41) is 10.1. The molecule has 186 valence electrons. The Morgan fingerprint density at radius 3 is 2.58 bits per heavy atom. The van der Waals surface area contributed by atoms with E-state index in [0.29, 0.717) is 18.0 Å². The second-order valence-corrected chi connectivity index (χ2v) is 10.3. The molecule has 2 aliphatic rings. The van der Waals surface area contributed by atoms with E-state index in [1.807, 2.05) is 35.2 Å². The first-order chi connectivity index (χ1) is 17.5. The molecule has 3 heterocycles. The first kappa shape index (κ1) is 24.4. The van der Waals surface area contributed by atoms with Crippen molar-refractivity contribution in [3.05, 3.63) is 82.9 Å². The van der Waals surface area contributed by atoms with Gasteiger partial charge in [-0.2, -0.15) is 5.26 Å². The predicted octanol–water partition coefficient (Wildman–Crippen LogP) is 4.95. The fraction of sp³-hybridized carbons (Fsp3) is 0.433. The summed E-state index contributed by atoms with van der Waals surface area (Å²) in [7, 11) is 0. The summed E-state index contributed by atoms with van der Waals surface area (Å²) in [6.07, 6.45) is 9.57. The van der Waals surface area contributed by atoms with E-state index >= 15 is 0 Å². The number of rotatable bonds is 6. The maximum atomic E-state index is 13.0. The van der Waals surface area contributed by atoms with Crippen LogP contribution < -0.4 is 0 Å². The number of pyridine rings is 1. The van der Waals surface area contributed by atoms with Crippen LogP contribution in [-0.4, -0.2) is 52.6 Å². The van der Waals surface area contributed by atoms with Crippen LogP contribution in [0.3, 0.4) is 0 Å². The molecule has 2 fully saturated rings. The molecule has 1 saturated carbocycles. The number of carbonyl (C=O) groups excluding carboxylic acids is 1. The fourth-order valence-electron chi connectivity index (χ4n) is 5.73. The Balaban J connectivity index is 1.23. The third-order valence-corrected chi connectivity index (χ3v) is 7.91. The van der Waals surface area contributed by atoms with E-state index in [1.165, 1.54) is 11.1 Å². The molecule has 0 amide bonds. The van der Waals surface area contributed by atoms with E-state index in [1.54, 1.807) is 6.20 Å². The number of Topliss-reactive ketones (excluding diaryl/α,β-unsaturated/α-hetero) is 1. The number of hydrogen-bond donors (Lipinski definition) is 0. The van der Waals surface area contributed by atoms with Gasteiger partial charge in [0.1, 0.15) is 0 Å². The van der Waals surface area contributed by atoms with Gasteiger partial charge in [-0.3, -0.25) is 14.7 Å². The molecule has 0 unspecified atom stereocenters. The highest BCUT2D eigenvalue weighted by atomic mass is 16.5. The highest BCUT2D eigenvalue weighted by Crippen LogP contribution is 2.39. The lowest BCUT2D eigenvalue weighted by Gasteiger charge is -2.41. The molecule has 0 bridgehead atoms. The van der Waals surface area contributed by atoms with Gasteiger partial charge in [0.15, 0.2) is 5.78 Å². The minimum Gasteiger partial charge on any atom is -0.379 e. The molecule has 1 aromatic carbocycles. The number of aryl methyl sites for hydroxylation is 2. The molecule has 3 aromatic rings. The number of nitrogens with zero attached hydrogens (tertiary/aromatic N) is 4. The van der Waals surface area contributed by atoms with Crippen LogP contribution in [0.25, 0.3) is 5.69 Å². The van der Waals surface area contributed by atoms with Crippen LogP contribution in [0.5, 0.6) is 0 Å². The highest BCUT2D eigenvalue weighted by molar-refractivity contribution is 5.97. The third-order valence-electron chi connectivity index (χ3n) is 7.91. The van der Waals surface area contributed by atoms with E-state index in [4.69, 9.17) is 4.74 Å². The van der Waals surface area contributed by atoms with Gasteiger partial charge in [-0.1, -0.05) is 23.8 Å². The number of hydrogen-bond acceptors (Lipinski definition) is 5. The molecule has 1 aliphatic heterocycles.